The molecule has 2 amide bonds. The summed E-state index contributed by atoms with van der Waals surface area (Å²) in [6, 6.07) is 7.65. The number of amides is 2. The summed E-state index contributed by atoms with van der Waals surface area (Å²) in [5.41, 5.74) is 2.71. The van der Waals surface area contributed by atoms with E-state index in [1.165, 1.54) is 31.1 Å². The monoisotopic (exact) mass is 384 g/mol. The largest absolute Gasteiger partial charge is 0.480 e. The first-order valence-electron chi connectivity index (χ1n) is 9.39. The van der Waals surface area contributed by atoms with Gasteiger partial charge in [-0.1, -0.05) is 24.3 Å². The van der Waals surface area contributed by atoms with Gasteiger partial charge in [0, 0.05) is 0 Å². The molecule has 0 saturated carbocycles. The Morgan fingerprint density at radius 3 is 2.71 bits per heavy atom. The highest BCUT2D eigenvalue weighted by Gasteiger charge is 2.29. The van der Waals surface area contributed by atoms with Crippen LogP contribution in [0.5, 0.6) is 0 Å². The molecule has 1 aromatic carbocycles. The van der Waals surface area contributed by atoms with Crippen LogP contribution in [0.15, 0.2) is 47.3 Å². The maximum atomic E-state index is 12.4. The van der Waals surface area contributed by atoms with Crippen LogP contribution in [0.1, 0.15) is 53.6 Å². The number of fused-ring (bicyclic) bond motifs is 1. The minimum Gasteiger partial charge on any atom is -0.480 e. The number of benzene rings is 1. The van der Waals surface area contributed by atoms with Gasteiger partial charge >= 0.3 is 5.97 Å². The molecule has 7 heteroatoms. The fraction of sp³-hybridized carbons (Fsp3) is 0.381. The number of hydrogen-bond acceptors (Lipinski definition) is 4. The molecule has 148 valence electrons. The number of rotatable bonds is 7. The lowest BCUT2D eigenvalue weighted by Gasteiger charge is -2.28. The van der Waals surface area contributed by atoms with Crippen LogP contribution in [0.3, 0.4) is 0 Å². The van der Waals surface area contributed by atoms with E-state index in [0.29, 0.717) is 12.0 Å². The number of furan rings is 1. The maximum Gasteiger partial charge on any atom is 0.326 e. The van der Waals surface area contributed by atoms with E-state index < -0.39 is 29.9 Å². The number of carboxylic acid groups (broad SMARTS) is 1. The molecule has 3 rings (SSSR count). The molecule has 2 aromatic rings. The minimum absolute atomic E-state index is 0.0853. The van der Waals surface area contributed by atoms with Crippen molar-refractivity contribution in [3.63, 3.8) is 0 Å². The van der Waals surface area contributed by atoms with Crippen LogP contribution in [0.2, 0.25) is 0 Å². The van der Waals surface area contributed by atoms with Crippen LogP contribution in [0.4, 0.5) is 0 Å². The van der Waals surface area contributed by atoms with Crippen LogP contribution < -0.4 is 10.6 Å². The quantitative estimate of drug-likeness (QED) is 0.680. The molecule has 3 atom stereocenters. The first kappa shape index (κ1) is 19.7. The molecule has 0 radical (unpaired) electrons. The molecule has 0 saturated heterocycles. The zero-order chi connectivity index (χ0) is 20.1. The molecule has 0 bridgehead atoms. The fourth-order valence-electron chi connectivity index (χ4n) is 3.64. The van der Waals surface area contributed by atoms with Crippen molar-refractivity contribution >= 4 is 17.8 Å². The van der Waals surface area contributed by atoms with E-state index in [2.05, 4.69) is 16.7 Å². The van der Waals surface area contributed by atoms with E-state index in [4.69, 9.17) is 4.42 Å². The fourth-order valence-corrected chi connectivity index (χ4v) is 3.64. The van der Waals surface area contributed by atoms with Gasteiger partial charge in [-0.2, -0.15) is 0 Å². The number of nitrogens with one attached hydrogen (secondary N) is 2. The van der Waals surface area contributed by atoms with Gasteiger partial charge in [-0.3, -0.25) is 9.59 Å². The van der Waals surface area contributed by atoms with E-state index >= 15 is 0 Å². The molecule has 0 spiro atoms. The summed E-state index contributed by atoms with van der Waals surface area (Å²) in [5, 5.41) is 14.7. The molecule has 3 unspecified atom stereocenters. The Labute approximate surface area is 163 Å². The molecule has 1 aliphatic carbocycles. The summed E-state index contributed by atoms with van der Waals surface area (Å²) in [5.74, 6) is -1.98. The average molecular weight is 384 g/mol. The van der Waals surface area contributed by atoms with Crippen molar-refractivity contribution in [1.82, 2.24) is 10.6 Å². The third kappa shape index (κ3) is 4.60. The Hall–Kier alpha value is -3.09. The van der Waals surface area contributed by atoms with Gasteiger partial charge in [0.05, 0.1) is 11.8 Å². The minimum atomic E-state index is -1.08. The van der Waals surface area contributed by atoms with Crippen molar-refractivity contribution in [3.05, 3.63) is 59.5 Å². The predicted octanol–water partition coefficient (Wildman–Crippen LogP) is 2.48. The lowest BCUT2D eigenvalue weighted by molar-refractivity contribution is -0.142. The summed E-state index contributed by atoms with van der Waals surface area (Å²) in [6.07, 6.45) is 5.85. The van der Waals surface area contributed by atoms with Crippen molar-refractivity contribution in [2.45, 2.75) is 50.6 Å². The van der Waals surface area contributed by atoms with E-state index in [1.54, 1.807) is 0 Å². The molecule has 0 aliphatic heterocycles. The summed E-state index contributed by atoms with van der Waals surface area (Å²) in [4.78, 5) is 36.2. The molecule has 7 nitrogen and oxygen atoms in total. The maximum absolute atomic E-state index is 12.4. The van der Waals surface area contributed by atoms with Gasteiger partial charge in [0.15, 0.2) is 0 Å². The Kier molecular flexibility index (Phi) is 6.13. The zero-order valence-corrected chi connectivity index (χ0v) is 15.7. The summed E-state index contributed by atoms with van der Waals surface area (Å²) in [6.45, 7) is 1.52. The molecule has 1 heterocycles. The number of carbonyl (C=O) groups excluding carboxylic acids is 2. The normalized spacial score (nSPS) is 17.8. The third-order valence-electron chi connectivity index (χ3n) is 5.15. The second kappa shape index (κ2) is 8.73. The standard InChI is InChI=1S/C21H24N2O5/c1-13(22-20(25)16-9-10-28-12-16)19(24)23-18(21(26)27)11-15-7-4-6-14-5-2-3-8-17(14)15/h2-3,5,8-10,12-13,15,18H,4,6-7,11H2,1H3,(H,22,25)(H,23,24)(H,26,27). The van der Waals surface area contributed by atoms with Crippen LogP contribution in [-0.4, -0.2) is 35.0 Å². The Balaban J connectivity index is 1.62. The highest BCUT2D eigenvalue weighted by atomic mass is 16.4. The van der Waals surface area contributed by atoms with Crippen molar-refractivity contribution < 1.29 is 23.9 Å². The van der Waals surface area contributed by atoms with Gasteiger partial charge in [0.2, 0.25) is 5.91 Å². The van der Waals surface area contributed by atoms with E-state index in [0.717, 1.165) is 24.8 Å². The van der Waals surface area contributed by atoms with E-state index in [9.17, 15) is 19.5 Å². The number of carboxylic acids is 1. The number of aliphatic carboxylic acids is 1. The Bertz CT molecular complexity index is 846. The SMILES string of the molecule is CC(NC(=O)c1ccoc1)C(=O)NC(CC1CCCc2ccccc21)C(=O)O. The van der Waals surface area contributed by atoms with Crippen molar-refractivity contribution in [2.24, 2.45) is 0 Å². The second-order valence-corrected chi connectivity index (χ2v) is 7.13. The van der Waals surface area contributed by atoms with Gasteiger partial charge in [0.25, 0.3) is 5.91 Å². The lowest BCUT2D eigenvalue weighted by Crippen LogP contribution is -2.50. The van der Waals surface area contributed by atoms with E-state index in [-0.39, 0.29) is 5.92 Å². The molecule has 3 N–H and O–H groups in total. The predicted molar refractivity (Wildman–Crippen MR) is 102 cm³/mol. The summed E-state index contributed by atoms with van der Waals surface area (Å²) in [7, 11) is 0. The Morgan fingerprint density at radius 2 is 2.00 bits per heavy atom. The smallest absolute Gasteiger partial charge is 0.326 e. The van der Waals surface area contributed by atoms with Crippen molar-refractivity contribution in [3.8, 4) is 0 Å². The second-order valence-electron chi connectivity index (χ2n) is 7.13. The van der Waals surface area contributed by atoms with Crippen LogP contribution in [-0.2, 0) is 16.0 Å². The molecule has 28 heavy (non-hydrogen) atoms. The van der Waals surface area contributed by atoms with Gasteiger partial charge in [-0.05, 0) is 55.7 Å². The topological polar surface area (TPSA) is 109 Å². The van der Waals surface area contributed by atoms with E-state index in [1.807, 2.05) is 18.2 Å². The first-order valence-corrected chi connectivity index (χ1v) is 9.39. The highest BCUT2D eigenvalue weighted by Crippen LogP contribution is 2.34. The van der Waals surface area contributed by atoms with Crippen molar-refractivity contribution in [2.75, 3.05) is 0 Å². The lowest BCUT2D eigenvalue weighted by atomic mass is 9.79. The summed E-state index contributed by atoms with van der Waals surface area (Å²) >= 11 is 0. The molecule has 1 aliphatic rings. The number of carbonyl (C=O) groups is 3. The van der Waals surface area contributed by atoms with Crippen LogP contribution >= 0.6 is 0 Å². The number of hydrogen-bond donors (Lipinski definition) is 3. The van der Waals surface area contributed by atoms with Gasteiger partial charge in [-0.25, -0.2) is 4.79 Å². The molecular formula is C21H24N2O5. The van der Waals surface area contributed by atoms with Gasteiger partial charge in [0.1, 0.15) is 18.3 Å². The number of aryl methyl sites for hydroxylation is 1. The van der Waals surface area contributed by atoms with Gasteiger partial charge in [-0.15, -0.1) is 0 Å². The zero-order valence-electron chi connectivity index (χ0n) is 15.7. The van der Waals surface area contributed by atoms with Crippen LogP contribution in [0, 0.1) is 0 Å². The van der Waals surface area contributed by atoms with Crippen LogP contribution in [0.25, 0.3) is 0 Å². The molecular weight excluding hydrogens is 360 g/mol. The van der Waals surface area contributed by atoms with Crippen molar-refractivity contribution in [1.29, 1.82) is 0 Å². The molecule has 0 fully saturated rings. The highest BCUT2D eigenvalue weighted by molar-refractivity contribution is 5.97. The van der Waals surface area contributed by atoms with Gasteiger partial charge < -0.3 is 20.2 Å². The molecule has 1 aromatic heterocycles. The Morgan fingerprint density at radius 1 is 1.21 bits per heavy atom. The first-order chi connectivity index (χ1) is 13.5. The summed E-state index contributed by atoms with van der Waals surface area (Å²) < 4.78 is 4.85. The third-order valence-corrected chi connectivity index (χ3v) is 5.15. The average Bonchev–Trinajstić information content (AvgIpc) is 3.22.